The molecule has 5 nitrogen and oxygen atoms in total. The number of carbonyl (C=O) groups is 2. The van der Waals surface area contributed by atoms with Gasteiger partial charge in [0.1, 0.15) is 5.75 Å². The predicted octanol–water partition coefficient (Wildman–Crippen LogP) is 4.48. The van der Waals surface area contributed by atoms with E-state index in [1.807, 2.05) is 78.9 Å². The van der Waals surface area contributed by atoms with Crippen molar-refractivity contribution in [3.63, 3.8) is 0 Å². The second-order valence-electron chi connectivity index (χ2n) is 7.70. The molecule has 3 aromatic rings. The number of ether oxygens (including phenoxy) is 2. The minimum absolute atomic E-state index is 0.0669. The van der Waals surface area contributed by atoms with Gasteiger partial charge in [-0.25, -0.2) is 0 Å². The Morgan fingerprint density at radius 3 is 2.39 bits per heavy atom. The third-order valence-corrected chi connectivity index (χ3v) is 5.80. The topological polar surface area (TPSA) is 64.6 Å². The zero-order chi connectivity index (χ0) is 21.8. The Kier molecular flexibility index (Phi) is 6.03. The van der Waals surface area contributed by atoms with E-state index in [0.29, 0.717) is 12.0 Å². The van der Waals surface area contributed by atoms with Crippen LogP contribution in [0.15, 0.2) is 78.9 Å². The Hall–Kier alpha value is -3.60. The molecule has 5 heteroatoms. The van der Waals surface area contributed by atoms with Gasteiger partial charge in [0, 0.05) is 11.6 Å². The van der Waals surface area contributed by atoms with E-state index in [9.17, 15) is 9.59 Å². The van der Waals surface area contributed by atoms with E-state index in [0.717, 1.165) is 22.1 Å². The quantitative estimate of drug-likeness (QED) is 0.476. The highest BCUT2D eigenvalue weighted by Gasteiger charge is 2.34. The van der Waals surface area contributed by atoms with Crippen LogP contribution in [0.5, 0.6) is 5.75 Å². The minimum atomic E-state index is -0.435. The molecule has 0 aliphatic heterocycles. The second-order valence-corrected chi connectivity index (χ2v) is 7.70. The van der Waals surface area contributed by atoms with Gasteiger partial charge in [0.05, 0.1) is 20.1 Å². The van der Waals surface area contributed by atoms with Crippen molar-refractivity contribution in [3.05, 3.63) is 90.0 Å². The van der Waals surface area contributed by atoms with E-state index in [1.165, 1.54) is 7.11 Å². The third kappa shape index (κ3) is 4.45. The number of nitrogens with one attached hydrogen (secondary N) is 1. The summed E-state index contributed by atoms with van der Waals surface area (Å²) < 4.78 is 10.3. The van der Waals surface area contributed by atoms with Crippen molar-refractivity contribution in [2.45, 2.75) is 18.4 Å². The molecule has 3 aromatic carbocycles. The highest BCUT2D eigenvalue weighted by Crippen LogP contribution is 2.35. The first-order valence-corrected chi connectivity index (χ1v) is 10.3. The van der Waals surface area contributed by atoms with Crippen LogP contribution in [-0.2, 0) is 9.53 Å². The van der Waals surface area contributed by atoms with Crippen LogP contribution in [0.25, 0.3) is 10.8 Å². The number of amides is 1. The number of rotatable bonds is 6. The van der Waals surface area contributed by atoms with Crippen LogP contribution in [0.4, 0.5) is 0 Å². The SMILES string of the molecule is COC(=O)[C@H](c1ccc(OC)cc1)[C@@H]1C=C[C@@H](NC(=O)c2ccc3ccccc3c2)C1. The van der Waals surface area contributed by atoms with Crippen LogP contribution >= 0.6 is 0 Å². The lowest BCUT2D eigenvalue weighted by atomic mass is 9.85. The van der Waals surface area contributed by atoms with Gasteiger partial charge in [-0.3, -0.25) is 9.59 Å². The average molecular weight is 415 g/mol. The second kappa shape index (κ2) is 9.04. The van der Waals surface area contributed by atoms with Crippen LogP contribution < -0.4 is 10.1 Å². The standard InChI is InChI=1S/C26H25NO4/c1-30-23-13-10-18(11-14-23)24(26(29)31-2)20-9-12-22(16-20)27-25(28)21-8-7-17-5-3-4-6-19(17)15-21/h3-15,20,22,24H,16H2,1-2H3,(H,27,28)/t20-,22-,24-/m1/s1. The van der Waals surface area contributed by atoms with Crippen LogP contribution in [0.1, 0.15) is 28.3 Å². The molecule has 0 bridgehead atoms. The van der Waals surface area contributed by atoms with Gasteiger partial charge in [0.2, 0.25) is 0 Å². The lowest BCUT2D eigenvalue weighted by Crippen LogP contribution is -2.33. The van der Waals surface area contributed by atoms with E-state index < -0.39 is 5.92 Å². The van der Waals surface area contributed by atoms with E-state index in [-0.39, 0.29) is 23.8 Å². The lowest BCUT2D eigenvalue weighted by Gasteiger charge is -2.22. The molecule has 0 heterocycles. The number of allylic oxidation sites excluding steroid dienone is 1. The largest absolute Gasteiger partial charge is 0.497 e. The minimum Gasteiger partial charge on any atom is -0.497 e. The monoisotopic (exact) mass is 415 g/mol. The molecule has 0 radical (unpaired) electrons. The molecule has 0 fully saturated rings. The third-order valence-electron chi connectivity index (χ3n) is 5.80. The average Bonchev–Trinajstić information content (AvgIpc) is 3.26. The summed E-state index contributed by atoms with van der Waals surface area (Å²) in [5, 5.41) is 5.20. The maximum Gasteiger partial charge on any atom is 0.313 e. The van der Waals surface area contributed by atoms with Crippen molar-refractivity contribution < 1.29 is 19.1 Å². The molecule has 1 amide bonds. The zero-order valence-electron chi connectivity index (χ0n) is 17.6. The molecule has 3 atom stereocenters. The number of esters is 1. The Bertz CT molecular complexity index is 1120. The van der Waals surface area contributed by atoms with Gasteiger partial charge in [0.15, 0.2) is 0 Å². The Balaban J connectivity index is 1.46. The number of hydrogen-bond acceptors (Lipinski definition) is 4. The fourth-order valence-electron chi connectivity index (χ4n) is 4.16. The van der Waals surface area contributed by atoms with Gasteiger partial charge in [-0.2, -0.15) is 0 Å². The summed E-state index contributed by atoms with van der Waals surface area (Å²) in [6.07, 6.45) is 4.59. The summed E-state index contributed by atoms with van der Waals surface area (Å²) in [7, 11) is 3.01. The van der Waals surface area contributed by atoms with Crippen LogP contribution in [0, 0.1) is 5.92 Å². The van der Waals surface area contributed by atoms with E-state index >= 15 is 0 Å². The molecule has 0 saturated carbocycles. The molecule has 1 aliphatic rings. The molecule has 4 rings (SSSR count). The van der Waals surface area contributed by atoms with Gasteiger partial charge >= 0.3 is 5.97 Å². The normalized spacial score (nSPS) is 18.5. The molecule has 1 aliphatic carbocycles. The van der Waals surface area contributed by atoms with Crippen molar-refractivity contribution in [3.8, 4) is 5.75 Å². The Morgan fingerprint density at radius 2 is 1.68 bits per heavy atom. The van der Waals surface area contributed by atoms with Crippen molar-refractivity contribution in [2.75, 3.05) is 14.2 Å². The lowest BCUT2D eigenvalue weighted by molar-refractivity contribution is -0.143. The molecule has 0 aromatic heterocycles. The smallest absolute Gasteiger partial charge is 0.313 e. The number of carbonyl (C=O) groups excluding carboxylic acids is 2. The molecule has 158 valence electrons. The Morgan fingerprint density at radius 1 is 0.935 bits per heavy atom. The summed E-state index contributed by atoms with van der Waals surface area (Å²) in [6.45, 7) is 0. The number of fused-ring (bicyclic) bond motifs is 1. The van der Waals surface area contributed by atoms with Crippen molar-refractivity contribution in [2.24, 2.45) is 5.92 Å². The summed E-state index contributed by atoms with van der Waals surface area (Å²) in [5.41, 5.74) is 1.49. The van der Waals surface area contributed by atoms with Crippen molar-refractivity contribution in [1.29, 1.82) is 0 Å². The maximum atomic E-state index is 12.8. The molecular weight excluding hydrogens is 390 g/mol. The molecular formula is C26H25NO4. The predicted molar refractivity (Wildman–Crippen MR) is 120 cm³/mol. The van der Waals surface area contributed by atoms with Crippen LogP contribution in [0.2, 0.25) is 0 Å². The molecule has 0 saturated heterocycles. The summed E-state index contributed by atoms with van der Waals surface area (Å²) in [6, 6.07) is 20.9. The van der Waals surface area contributed by atoms with Gasteiger partial charge in [-0.05, 0) is 52.9 Å². The van der Waals surface area contributed by atoms with E-state index in [2.05, 4.69) is 5.32 Å². The number of benzene rings is 3. The van der Waals surface area contributed by atoms with Crippen LogP contribution in [0.3, 0.4) is 0 Å². The number of hydrogen-bond donors (Lipinski definition) is 1. The molecule has 31 heavy (non-hydrogen) atoms. The van der Waals surface area contributed by atoms with Crippen molar-refractivity contribution >= 4 is 22.6 Å². The van der Waals surface area contributed by atoms with Gasteiger partial charge in [-0.1, -0.05) is 54.6 Å². The fraction of sp³-hybridized carbons (Fsp3) is 0.231. The van der Waals surface area contributed by atoms with E-state index in [1.54, 1.807) is 7.11 Å². The zero-order valence-corrected chi connectivity index (χ0v) is 17.6. The first-order chi connectivity index (χ1) is 15.1. The van der Waals surface area contributed by atoms with Gasteiger partial charge < -0.3 is 14.8 Å². The maximum absolute atomic E-state index is 12.8. The van der Waals surface area contributed by atoms with E-state index in [4.69, 9.17) is 9.47 Å². The van der Waals surface area contributed by atoms with Crippen molar-refractivity contribution in [1.82, 2.24) is 5.32 Å². The van der Waals surface area contributed by atoms with Crippen LogP contribution in [-0.4, -0.2) is 32.1 Å². The van der Waals surface area contributed by atoms with Gasteiger partial charge in [0.25, 0.3) is 5.91 Å². The summed E-state index contributed by atoms with van der Waals surface area (Å²) in [5.74, 6) is -0.186. The highest BCUT2D eigenvalue weighted by atomic mass is 16.5. The summed E-state index contributed by atoms with van der Waals surface area (Å²) >= 11 is 0. The molecule has 0 unspecified atom stereocenters. The highest BCUT2D eigenvalue weighted by molar-refractivity contribution is 5.98. The fourth-order valence-corrected chi connectivity index (χ4v) is 4.16. The first kappa shape index (κ1) is 20.7. The molecule has 1 N–H and O–H groups in total. The Labute approximate surface area is 181 Å². The number of methoxy groups -OCH3 is 2. The van der Waals surface area contributed by atoms with Gasteiger partial charge in [-0.15, -0.1) is 0 Å². The first-order valence-electron chi connectivity index (χ1n) is 10.3. The molecule has 0 spiro atoms. The summed E-state index contributed by atoms with van der Waals surface area (Å²) in [4.78, 5) is 25.4.